The smallest absolute Gasteiger partial charge is 0.244 e. The molecule has 1 N–H and O–H groups in total. The molecule has 1 amide bonds. The number of amides is 1. The average molecular weight is 417 g/mol. The zero-order chi connectivity index (χ0) is 21.0. The van der Waals surface area contributed by atoms with Gasteiger partial charge in [-0.3, -0.25) is 9.78 Å². The summed E-state index contributed by atoms with van der Waals surface area (Å²) in [6.07, 6.45) is 5.92. The van der Waals surface area contributed by atoms with Crippen LogP contribution in [0.3, 0.4) is 0 Å². The van der Waals surface area contributed by atoms with E-state index in [1.807, 2.05) is 0 Å². The van der Waals surface area contributed by atoms with Crippen molar-refractivity contribution < 1.29 is 17.6 Å². The van der Waals surface area contributed by atoms with Gasteiger partial charge in [0.25, 0.3) is 0 Å². The monoisotopic (exact) mass is 417 g/mol. The Morgan fingerprint density at radius 2 is 2.07 bits per heavy atom. The van der Waals surface area contributed by atoms with E-state index in [9.17, 15) is 17.6 Å². The summed E-state index contributed by atoms with van der Waals surface area (Å²) in [5, 5.41) is 2.60. The van der Waals surface area contributed by atoms with Crippen LogP contribution < -0.4 is 5.32 Å². The van der Waals surface area contributed by atoms with Crippen LogP contribution in [0.1, 0.15) is 11.4 Å². The van der Waals surface area contributed by atoms with Gasteiger partial charge in [0.05, 0.1) is 12.2 Å². The number of carbonyl (C=O) groups excluding carboxylic acids is 1. The minimum absolute atomic E-state index is 0.00255. The summed E-state index contributed by atoms with van der Waals surface area (Å²) < 4.78 is 41.8. The number of nitrogens with one attached hydrogen (secondary N) is 1. The largest absolute Gasteiger partial charge is 0.351 e. The van der Waals surface area contributed by atoms with Crippen LogP contribution in [-0.4, -0.2) is 46.8 Å². The molecular weight excluding hydrogens is 397 g/mol. The number of hydrogen-bond acceptors (Lipinski definition) is 5. The van der Waals surface area contributed by atoms with Crippen molar-refractivity contribution >= 4 is 15.9 Å². The number of imidazole rings is 1. The van der Waals surface area contributed by atoms with Crippen LogP contribution in [0, 0.1) is 12.7 Å². The maximum absolute atomic E-state index is 14.4. The molecule has 0 aliphatic carbocycles. The number of hydrogen-bond donors (Lipinski definition) is 1. The molecule has 0 radical (unpaired) electrons. The normalized spacial score (nSPS) is 11.6. The van der Waals surface area contributed by atoms with Gasteiger partial charge < -0.3 is 9.88 Å². The number of rotatable bonds is 7. The number of pyridine rings is 1. The minimum Gasteiger partial charge on any atom is -0.351 e. The molecule has 152 valence electrons. The highest BCUT2D eigenvalue weighted by atomic mass is 32.2. The highest BCUT2D eigenvalue weighted by Gasteiger charge is 2.23. The summed E-state index contributed by atoms with van der Waals surface area (Å²) >= 11 is 0. The van der Waals surface area contributed by atoms with Crippen molar-refractivity contribution in [2.45, 2.75) is 18.4 Å². The van der Waals surface area contributed by atoms with E-state index in [4.69, 9.17) is 0 Å². The number of benzene rings is 1. The molecule has 2 aromatic heterocycles. The Hall–Kier alpha value is -3.11. The van der Waals surface area contributed by atoms with Gasteiger partial charge in [-0.25, -0.2) is 17.8 Å². The zero-order valence-electron chi connectivity index (χ0n) is 15.9. The number of sulfonamides is 1. The lowest BCUT2D eigenvalue weighted by Gasteiger charge is -2.16. The van der Waals surface area contributed by atoms with Gasteiger partial charge in [0.15, 0.2) is 0 Å². The Balaban J connectivity index is 1.61. The molecule has 0 saturated heterocycles. The average Bonchev–Trinajstić information content (AvgIpc) is 3.12. The lowest BCUT2D eigenvalue weighted by Crippen LogP contribution is -2.38. The summed E-state index contributed by atoms with van der Waals surface area (Å²) in [5.74, 6) is -0.299. The van der Waals surface area contributed by atoms with E-state index in [2.05, 4.69) is 15.3 Å². The molecular formula is C19H20FN5O3S. The van der Waals surface area contributed by atoms with E-state index in [1.54, 1.807) is 36.0 Å². The van der Waals surface area contributed by atoms with Crippen LogP contribution in [0.15, 0.2) is 60.0 Å². The molecule has 1 aromatic carbocycles. The van der Waals surface area contributed by atoms with E-state index in [0.717, 1.165) is 4.31 Å². The molecule has 0 saturated carbocycles. The molecule has 0 fully saturated rings. The van der Waals surface area contributed by atoms with Crippen molar-refractivity contribution in [3.05, 3.63) is 72.3 Å². The van der Waals surface area contributed by atoms with Crippen LogP contribution >= 0.6 is 0 Å². The molecule has 0 bridgehead atoms. The first kappa shape index (κ1) is 20.6. The van der Waals surface area contributed by atoms with Crippen molar-refractivity contribution in [3.8, 4) is 5.69 Å². The standard InChI is InChI=1S/C19H20FN5O3S/c1-14-22-8-9-25(14)18-6-5-15(10-17(18)20)11-23-19(26)13-24(2)29(27,28)16-4-3-7-21-12-16/h3-10,12H,11,13H2,1-2H3,(H,23,26). The van der Waals surface area contributed by atoms with Crippen LogP contribution in [0.5, 0.6) is 0 Å². The first-order chi connectivity index (χ1) is 13.8. The fraction of sp³-hybridized carbons (Fsp3) is 0.211. The molecule has 0 aliphatic heterocycles. The Labute approximate surface area is 168 Å². The molecule has 0 aliphatic rings. The van der Waals surface area contributed by atoms with E-state index in [-0.39, 0.29) is 18.0 Å². The SMILES string of the molecule is Cc1nccn1-c1ccc(CNC(=O)CN(C)S(=O)(=O)c2cccnc2)cc1F. The van der Waals surface area contributed by atoms with Gasteiger partial charge in [-0.1, -0.05) is 6.07 Å². The Morgan fingerprint density at radius 1 is 1.28 bits per heavy atom. The van der Waals surface area contributed by atoms with Gasteiger partial charge in [-0.15, -0.1) is 0 Å². The lowest BCUT2D eigenvalue weighted by atomic mass is 10.2. The third kappa shape index (κ3) is 4.66. The van der Waals surface area contributed by atoms with Crippen LogP contribution in [-0.2, 0) is 21.4 Å². The highest BCUT2D eigenvalue weighted by molar-refractivity contribution is 7.89. The van der Waals surface area contributed by atoms with Crippen molar-refractivity contribution in [1.82, 2.24) is 24.2 Å². The molecule has 3 rings (SSSR count). The third-order valence-corrected chi connectivity index (χ3v) is 6.08. The number of aromatic nitrogens is 3. The fourth-order valence-electron chi connectivity index (χ4n) is 2.71. The molecule has 8 nitrogen and oxygen atoms in total. The molecule has 2 heterocycles. The Morgan fingerprint density at radius 3 is 2.69 bits per heavy atom. The fourth-order valence-corrected chi connectivity index (χ4v) is 3.80. The van der Waals surface area contributed by atoms with Gasteiger partial charge in [-0.2, -0.15) is 4.31 Å². The van der Waals surface area contributed by atoms with Gasteiger partial charge in [0.2, 0.25) is 15.9 Å². The molecule has 10 heteroatoms. The Kier molecular flexibility index (Phi) is 6.04. The maximum Gasteiger partial charge on any atom is 0.244 e. The predicted octanol–water partition coefficient (Wildman–Crippen LogP) is 1.65. The van der Waals surface area contributed by atoms with E-state index >= 15 is 0 Å². The number of carbonyl (C=O) groups is 1. The second-order valence-corrected chi connectivity index (χ2v) is 8.40. The van der Waals surface area contributed by atoms with Crippen molar-refractivity contribution in [3.63, 3.8) is 0 Å². The number of halogens is 1. The lowest BCUT2D eigenvalue weighted by molar-refractivity contribution is -0.121. The first-order valence-corrected chi connectivity index (χ1v) is 10.1. The van der Waals surface area contributed by atoms with Crippen LogP contribution in [0.4, 0.5) is 4.39 Å². The number of aryl methyl sites for hydroxylation is 1. The van der Waals surface area contributed by atoms with Gasteiger partial charge in [-0.05, 0) is 36.8 Å². The first-order valence-electron chi connectivity index (χ1n) is 8.71. The summed E-state index contributed by atoms with van der Waals surface area (Å²) in [6.45, 7) is 1.47. The number of likely N-dealkylation sites (N-methyl/N-ethyl adjacent to an activating group) is 1. The summed E-state index contributed by atoms with van der Waals surface area (Å²) in [5.41, 5.74) is 0.910. The maximum atomic E-state index is 14.4. The minimum atomic E-state index is -3.82. The predicted molar refractivity (Wildman–Crippen MR) is 104 cm³/mol. The summed E-state index contributed by atoms with van der Waals surface area (Å²) in [6, 6.07) is 7.53. The second-order valence-electron chi connectivity index (χ2n) is 6.36. The molecule has 3 aromatic rings. The summed E-state index contributed by atoms with van der Waals surface area (Å²) in [4.78, 5) is 20.0. The highest BCUT2D eigenvalue weighted by Crippen LogP contribution is 2.17. The second kappa shape index (κ2) is 8.50. The van der Waals surface area contributed by atoms with Crippen molar-refractivity contribution in [2.24, 2.45) is 0 Å². The topological polar surface area (TPSA) is 97.2 Å². The van der Waals surface area contributed by atoms with Gasteiger partial charge in [0, 0.05) is 38.4 Å². The van der Waals surface area contributed by atoms with Crippen LogP contribution in [0.25, 0.3) is 5.69 Å². The van der Waals surface area contributed by atoms with E-state index < -0.39 is 21.7 Å². The van der Waals surface area contributed by atoms with Gasteiger partial charge in [0.1, 0.15) is 16.5 Å². The molecule has 29 heavy (non-hydrogen) atoms. The third-order valence-electron chi connectivity index (χ3n) is 4.30. The quantitative estimate of drug-likeness (QED) is 0.631. The molecule has 0 atom stereocenters. The number of nitrogens with zero attached hydrogens (tertiary/aromatic N) is 4. The van der Waals surface area contributed by atoms with E-state index in [0.29, 0.717) is 17.1 Å². The molecule has 0 spiro atoms. The van der Waals surface area contributed by atoms with Crippen LogP contribution in [0.2, 0.25) is 0 Å². The van der Waals surface area contributed by atoms with Crippen molar-refractivity contribution in [2.75, 3.05) is 13.6 Å². The molecule has 0 unspecified atom stereocenters. The van der Waals surface area contributed by atoms with Gasteiger partial charge >= 0.3 is 0 Å². The van der Waals surface area contributed by atoms with Crippen molar-refractivity contribution in [1.29, 1.82) is 0 Å². The summed E-state index contributed by atoms with van der Waals surface area (Å²) in [7, 11) is -2.51. The zero-order valence-corrected chi connectivity index (χ0v) is 16.7. The van der Waals surface area contributed by atoms with E-state index in [1.165, 1.54) is 37.6 Å². The Bertz CT molecular complexity index is 1120.